The summed E-state index contributed by atoms with van der Waals surface area (Å²) in [6, 6.07) is 4.70. The molecular formula is C21H21NO7S. The highest BCUT2D eigenvalue weighted by Crippen LogP contribution is 2.46. The summed E-state index contributed by atoms with van der Waals surface area (Å²) in [4.78, 5) is 37.0. The average molecular weight is 431 g/mol. The molecule has 0 radical (unpaired) electrons. The predicted molar refractivity (Wildman–Crippen MR) is 109 cm³/mol. The van der Waals surface area contributed by atoms with E-state index in [1.165, 1.54) is 17.4 Å². The molecule has 0 atom stereocenters. The molecular weight excluding hydrogens is 410 g/mol. The van der Waals surface area contributed by atoms with Gasteiger partial charge in [0, 0.05) is 0 Å². The van der Waals surface area contributed by atoms with E-state index in [0.717, 1.165) is 18.4 Å². The number of amides is 1. The van der Waals surface area contributed by atoms with E-state index in [-0.39, 0.29) is 12.2 Å². The normalized spacial score (nSPS) is 14.7. The average Bonchev–Trinajstić information content (AvgIpc) is 3.52. The van der Waals surface area contributed by atoms with Crippen LogP contribution in [0, 0.1) is 0 Å². The molecule has 2 aromatic rings. The first-order valence-corrected chi connectivity index (χ1v) is 10.6. The number of thiophene rings is 1. The van der Waals surface area contributed by atoms with Crippen LogP contribution in [0.4, 0.5) is 5.00 Å². The molecule has 0 bridgehead atoms. The molecule has 2 heterocycles. The van der Waals surface area contributed by atoms with Gasteiger partial charge in [0.1, 0.15) is 18.2 Å². The zero-order chi connectivity index (χ0) is 21.1. The second kappa shape index (κ2) is 8.74. The maximum Gasteiger partial charge on any atom is 0.341 e. The highest BCUT2D eigenvalue weighted by molar-refractivity contribution is 7.15. The molecule has 0 spiro atoms. The molecule has 1 amide bonds. The number of nitrogens with one attached hydrogen (secondary N) is 1. The van der Waals surface area contributed by atoms with Crippen molar-refractivity contribution in [1.29, 1.82) is 0 Å². The quantitative estimate of drug-likeness (QED) is 0.671. The molecule has 1 aliphatic carbocycles. The van der Waals surface area contributed by atoms with Crippen molar-refractivity contribution in [3.05, 3.63) is 40.3 Å². The molecule has 8 nitrogen and oxygen atoms in total. The first-order valence-electron chi connectivity index (χ1n) is 9.72. The fraction of sp³-hybridized carbons (Fsp3) is 0.381. The SMILES string of the molecule is CCOC(=O)c1c(C2CC2)csc1NC(=O)COC(=O)c1ccc2c(c1)OCCO2. The van der Waals surface area contributed by atoms with Gasteiger partial charge in [0.05, 0.1) is 17.7 Å². The van der Waals surface area contributed by atoms with Gasteiger partial charge >= 0.3 is 11.9 Å². The van der Waals surface area contributed by atoms with E-state index >= 15 is 0 Å². The Bertz CT molecular complexity index is 980. The van der Waals surface area contributed by atoms with Gasteiger partial charge in [-0.3, -0.25) is 4.79 Å². The van der Waals surface area contributed by atoms with Crippen LogP contribution in [0.25, 0.3) is 0 Å². The van der Waals surface area contributed by atoms with Gasteiger partial charge in [-0.15, -0.1) is 11.3 Å². The lowest BCUT2D eigenvalue weighted by Gasteiger charge is -2.18. The Morgan fingerprint density at radius 1 is 1.10 bits per heavy atom. The van der Waals surface area contributed by atoms with Crippen LogP contribution in [-0.2, 0) is 14.3 Å². The highest BCUT2D eigenvalue weighted by Gasteiger charge is 2.32. The smallest absolute Gasteiger partial charge is 0.341 e. The van der Waals surface area contributed by atoms with E-state index in [0.29, 0.717) is 41.2 Å². The topological polar surface area (TPSA) is 100 Å². The number of anilines is 1. The van der Waals surface area contributed by atoms with Crippen LogP contribution < -0.4 is 14.8 Å². The van der Waals surface area contributed by atoms with E-state index in [2.05, 4.69) is 5.32 Å². The first-order chi connectivity index (χ1) is 14.6. The molecule has 158 valence electrons. The lowest BCUT2D eigenvalue weighted by Crippen LogP contribution is -2.22. The van der Waals surface area contributed by atoms with E-state index in [1.807, 2.05) is 5.38 Å². The Kier molecular flexibility index (Phi) is 5.89. The fourth-order valence-electron chi connectivity index (χ4n) is 3.12. The Labute approximate surface area is 177 Å². The van der Waals surface area contributed by atoms with Crippen molar-refractivity contribution in [2.45, 2.75) is 25.7 Å². The van der Waals surface area contributed by atoms with Crippen LogP contribution in [0.3, 0.4) is 0 Å². The maximum atomic E-state index is 12.4. The van der Waals surface area contributed by atoms with Crippen molar-refractivity contribution in [2.75, 3.05) is 31.7 Å². The van der Waals surface area contributed by atoms with Crippen molar-refractivity contribution in [3.8, 4) is 11.5 Å². The zero-order valence-corrected chi connectivity index (χ0v) is 17.2. The number of hydrogen-bond acceptors (Lipinski definition) is 8. The molecule has 30 heavy (non-hydrogen) atoms. The van der Waals surface area contributed by atoms with Crippen LogP contribution in [-0.4, -0.2) is 44.3 Å². The number of rotatable bonds is 7. The Morgan fingerprint density at radius 3 is 2.60 bits per heavy atom. The van der Waals surface area contributed by atoms with Crippen molar-refractivity contribution < 1.29 is 33.3 Å². The van der Waals surface area contributed by atoms with Crippen LogP contribution in [0.15, 0.2) is 23.6 Å². The minimum Gasteiger partial charge on any atom is -0.486 e. The predicted octanol–water partition coefficient (Wildman–Crippen LogP) is 3.37. The third kappa shape index (κ3) is 4.40. The van der Waals surface area contributed by atoms with Gasteiger partial charge in [-0.25, -0.2) is 9.59 Å². The summed E-state index contributed by atoms with van der Waals surface area (Å²) in [7, 11) is 0. The summed E-state index contributed by atoms with van der Waals surface area (Å²) in [5.41, 5.74) is 1.56. The number of carbonyl (C=O) groups is 3. The Hall–Kier alpha value is -3.07. The lowest BCUT2D eigenvalue weighted by atomic mass is 10.1. The van der Waals surface area contributed by atoms with Gasteiger partial charge in [0.2, 0.25) is 0 Å². The van der Waals surface area contributed by atoms with Gasteiger partial charge in [-0.2, -0.15) is 0 Å². The maximum absolute atomic E-state index is 12.4. The van der Waals surface area contributed by atoms with Crippen LogP contribution in [0.5, 0.6) is 11.5 Å². The van der Waals surface area contributed by atoms with Crippen molar-refractivity contribution >= 4 is 34.2 Å². The van der Waals surface area contributed by atoms with E-state index < -0.39 is 24.5 Å². The number of ether oxygens (including phenoxy) is 4. The third-order valence-electron chi connectivity index (χ3n) is 4.68. The monoisotopic (exact) mass is 431 g/mol. The lowest BCUT2D eigenvalue weighted by molar-refractivity contribution is -0.119. The van der Waals surface area contributed by atoms with Gasteiger partial charge in [0.25, 0.3) is 5.91 Å². The van der Waals surface area contributed by atoms with E-state index in [1.54, 1.807) is 19.1 Å². The molecule has 1 aliphatic heterocycles. The van der Waals surface area contributed by atoms with Crippen LogP contribution in [0.1, 0.15) is 52.0 Å². The zero-order valence-electron chi connectivity index (χ0n) is 16.4. The molecule has 9 heteroatoms. The van der Waals surface area contributed by atoms with Crippen molar-refractivity contribution in [1.82, 2.24) is 0 Å². The fourth-order valence-corrected chi connectivity index (χ4v) is 4.17. The minimum absolute atomic E-state index is 0.249. The summed E-state index contributed by atoms with van der Waals surface area (Å²) >= 11 is 1.27. The van der Waals surface area contributed by atoms with Crippen LogP contribution in [0.2, 0.25) is 0 Å². The van der Waals surface area contributed by atoms with E-state index in [4.69, 9.17) is 18.9 Å². The summed E-state index contributed by atoms with van der Waals surface area (Å²) in [5, 5.41) is 4.95. The summed E-state index contributed by atoms with van der Waals surface area (Å²) in [5.74, 6) is -0.284. The molecule has 1 N–H and O–H groups in total. The summed E-state index contributed by atoms with van der Waals surface area (Å²) < 4.78 is 21.1. The number of carbonyl (C=O) groups excluding carboxylic acids is 3. The van der Waals surface area contributed by atoms with Gasteiger partial charge in [-0.05, 0) is 54.8 Å². The van der Waals surface area contributed by atoms with Gasteiger partial charge in [0.15, 0.2) is 18.1 Å². The molecule has 1 fully saturated rings. The summed E-state index contributed by atoms with van der Waals surface area (Å²) in [6.45, 7) is 2.36. The molecule has 0 saturated heterocycles. The molecule has 0 unspecified atom stereocenters. The Morgan fingerprint density at radius 2 is 1.87 bits per heavy atom. The minimum atomic E-state index is -0.655. The van der Waals surface area contributed by atoms with Crippen molar-refractivity contribution in [2.24, 2.45) is 0 Å². The second-order valence-electron chi connectivity index (χ2n) is 6.87. The second-order valence-corrected chi connectivity index (χ2v) is 7.75. The highest BCUT2D eigenvalue weighted by atomic mass is 32.1. The number of esters is 2. The third-order valence-corrected chi connectivity index (χ3v) is 5.60. The van der Waals surface area contributed by atoms with Gasteiger partial charge in [-0.1, -0.05) is 0 Å². The summed E-state index contributed by atoms with van der Waals surface area (Å²) in [6.07, 6.45) is 2.04. The molecule has 2 aliphatic rings. The van der Waals surface area contributed by atoms with Gasteiger partial charge < -0.3 is 24.3 Å². The standard InChI is InChI=1S/C21H21NO7S/c1-2-26-21(25)18-14(12-3-4-12)11-30-19(18)22-17(23)10-29-20(24)13-5-6-15-16(9-13)28-8-7-27-15/h5-6,9,11-12H,2-4,7-8,10H2,1H3,(H,22,23). The largest absolute Gasteiger partial charge is 0.486 e. The first kappa shape index (κ1) is 20.2. The molecule has 1 aromatic carbocycles. The Balaban J connectivity index is 1.38. The molecule has 1 aromatic heterocycles. The van der Waals surface area contributed by atoms with E-state index in [9.17, 15) is 14.4 Å². The number of benzene rings is 1. The molecule has 1 saturated carbocycles. The van der Waals surface area contributed by atoms with Crippen molar-refractivity contribution in [3.63, 3.8) is 0 Å². The number of hydrogen-bond donors (Lipinski definition) is 1. The molecule has 4 rings (SSSR count). The number of fused-ring (bicyclic) bond motifs is 1. The van der Waals surface area contributed by atoms with Crippen LogP contribution >= 0.6 is 11.3 Å².